The number of aromatic nitrogens is 1. The molecule has 0 radical (unpaired) electrons. The van der Waals surface area contributed by atoms with Gasteiger partial charge in [0.05, 0.1) is 23.4 Å². The lowest BCUT2D eigenvalue weighted by Gasteiger charge is -2.09. The summed E-state index contributed by atoms with van der Waals surface area (Å²) in [6.45, 7) is 0. The number of anilines is 3. The highest BCUT2D eigenvalue weighted by Crippen LogP contribution is 2.26. The zero-order chi connectivity index (χ0) is 18.5. The molecule has 2 aromatic carbocycles. The van der Waals surface area contributed by atoms with Gasteiger partial charge in [-0.2, -0.15) is 0 Å². The van der Waals surface area contributed by atoms with E-state index in [1.54, 1.807) is 37.4 Å². The summed E-state index contributed by atoms with van der Waals surface area (Å²) in [7, 11) is 1.61. The van der Waals surface area contributed by atoms with Crippen LogP contribution in [0.2, 0.25) is 10.0 Å². The van der Waals surface area contributed by atoms with Crippen LogP contribution in [0.3, 0.4) is 0 Å². The number of pyridine rings is 1. The largest absolute Gasteiger partial charge is 0.497 e. The highest BCUT2D eigenvalue weighted by Gasteiger charge is 2.09. The number of carbonyl (C=O) groups excluding carboxylic acids is 1. The van der Waals surface area contributed by atoms with Gasteiger partial charge in [-0.3, -0.25) is 4.79 Å². The van der Waals surface area contributed by atoms with Crippen LogP contribution in [0.15, 0.2) is 60.8 Å². The molecule has 3 aromatic rings. The monoisotopic (exact) mass is 387 g/mol. The molecular formula is C19H15Cl2N3O2. The Bertz CT molecular complexity index is 930. The van der Waals surface area contributed by atoms with Crippen molar-refractivity contribution in [2.24, 2.45) is 0 Å². The van der Waals surface area contributed by atoms with Crippen molar-refractivity contribution in [1.82, 2.24) is 4.98 Å². The number of methoxy groups -OCH3 is 1. The van der Waals surface area contributed by atoms with Gasteiger partial charge in [-0.15, -0.1) is 0 Å². The van der Waals surface area contributed by atoms with E-state index in [1.165, 1.54) is 6.20 Å². The van der Waals surface area contributed by atoms with Gasteiger partial charge in [0.25, 0.3) is 5.91 Å². The Kier molecular flexibility index (Phi) is 5.61. The Hall–Kier alpha value is -2.76. The van der Waals surface area contributed by atoms with Crippen molar-refractivity contribution >= 4 is 46.3 Å². The van der Waals surface area contributed by atoms with E-state index in [0.29, 0.717) is 27.1 Å². The molecule has 0 atom stereocenters. The summed E-state index contributed by atoms with van der Waals surface area (Å²) in [5.74, 6) is 1.04. The normalized spacial score (nSPS) is 10.3. The molecule has 0 aliphatic rings. The van der Waals surface area contributed by atoms with E-state index in [9.17, 15) is 4.79 Å². The van der Waals surface area contributed by atoms with Gasteiger partial charge in [0.1, 0.15) is 11.6 Å². The predicted molar refractivity (Wildman–Crippen MR) is 105 cm³/mol. The molecule has 0 saturated carbocycles. The minimum atomic E-state index is -0.311. The van der Waals surface area contributed by atoms with Gasteiger partial charge in [-0.25, -0.2) is 4.98 Å². The molecule has 0 aliphatic carbocycles. The van der Waals surface area contributed by atoms with E-state index in [-0.39, 0.29) is 5.91 Å². The Morgan fingerprint density at radius 3 is 2.62 bits per heavy atom. The maximum atomic E-state index is 12.3. The third-order valence-corrected chi connectivity index (χ3v) is 4.09. The molecule has 26 heavy (non-hydrogen) atoms. The summed E-state index contributed by atoms with van der Waals surface area (Å²) >= 11 is 11.9. The molecule has 0 aliphatic heterocycles. The molecule has 0 bridgehead atoms. The van der Waals surface area contributed by atoms with E-state index in [1.807, 2.05) is 24.3 Å². The number of ether oxygens (including phenoxy) is 1. The number of carbonyl (C=O) groups is 1. The van der Waals surface area contributed by atoms with Crippen LogP contribution < -0.4 is 15.4 Å². The topological polar surface area (TPSA) is 63.2 Å². The number of benzene rings is 2. The zero-order valence-corrected chi connectivity index (χ0v) is 15.3. The number of nitrogens with one attached hydrogen (secondary N) is 2. The van der Waals surface area contributed by atoms with Crippen molar-refractivity contribution < 1.29 is 9.53 Å². The molecule has 5 nitrogen and oxygen atoms in total. The van der Waals surface area contributed by atoms with Crippen molar-refractivity contribution in [1.29, 1.82) is 0 Å². The Morgan fingerprint density at radius 2 is 1.92 bits per heavy atom. The SMILES string of the molecule is COc1cccc(Nc2ccc(C(=O)Nc3ccc(Cl)cc3Cl)cn2)c1. The van der Waals surface area contributed by atoms with E-state index in [4.69, 9.17) is 27.9 Å². The first-order valence-corrected chi connectivity index (χ1v) is 8.44. The Balaban J connectivity index is 1.69. The summed E-state index contributed by atoms with van der Waals surface area (Å²) in [4.78, 5) is 16.6. The van der Waals surface area contributed by atoms with E-state index in [2.05, 4.69) is 15.6 Å². The Morgan fingerprint density at radius 1 is 1.08 bits per heavy atom. The second-order valence-electron chi connectivity index (χ2n) is 5.37. The zero-order valence-electron chi connectivity index (χ0n) is 13.8. The van der Waals surface area contributed by atoms with Gasteiger partial charge in [0, 0.05) is 23.0 Å². The van der Waals surface area contributed by atoms with Crippen LogP contribution in [0.1, 0.15) is 10.4 Å². The van der Waals surface area contributed by atoms with Crippen molar-refractivity contribution in [3.8, 4) is 5.75 Å². The molecule has 0 spiro atoms. The van der Waals surface area contributed by atoms with Crippen LogP contribution >= 0.6 is 23.2 Å². The summed E-state index contributed by atoms with van der Waals surface area (Å²) in [6, 6.07) is 15.7. The standard InChI is InChI=1S/C19H15Cl2N3O2/c1-26-15-4-2-3-14(10-15)23-18-8-5-12(11-22-18)19(25)24-17-7-6-13(20)9-16(17)21/h2-11H,1H3,(H,22,23)(H,24,25). The highest BCUT2D eigenvalue weighted by molar-refractivity contribution is 6.36. The fourth-order valence-electron chi connectivity index (χ4n) is 2.24. The molecule has 7 heteroatoms. The van der Waals surface area contributed by atoms with E-state index < -0.39 is 0 Å². The first-order chi connectivity index (χ1) is 12.5. The summed E-state index contributed by atoms with van der Waals surface area (Å²) in [5.41, 5.74) is 1.73. The number of halogens is 2. The molecule has 1 heterocycles. The van der Waals surface area contributed by atoms with Gasteiger partial charge in [-0.1, -0.05) is 29.3 Å². The maximum absolute atomic E-state index is 12.3. The van der Waals surface area contributed by atoms with Gasteiger partial charge in [0.2, 0.25) is 0 Å². The van der Waals surface area contributed by atoms with E-state index >= 15 is 0 Å². The number of hydrogen-bond donors (Lipinski definition) is 2. The highest BCUT2D eigenvalue weighted by atomic mass is 35.5. The second-order valence-corrected chi connectivity index (χ2v) is 6.21. The number of nitrogens with zero attached hydrogens (tertiary/aromatic N) is 1. The second kappa shape index (κ2) is 8.08. The van der Waals surface area contributed by atoms with Crippen molar-refractivity contribution in [2.45, 2.75) is 0 Å². The molecule has 2 N–H and O–H groups in total. The van der Waals surface area contributed by atoms with Crippen LogP contribution in [0.5, 0.6) is 5.75 Å². The minimum absolute atomic E-state index is 0.311. The number of amides is 1. The van der Waals surface area contributed by atoms with Crippen LogP contribution in [0.4, 0.5) is 17.2 Å². The van der Waals surface area contributed by atoms with Crippen LogP contribution in [-0.2, 0) is 0 Å². The van der Waals surface area contributed by atoms with Gasteiger partial charge >= 0.3 is 0 Å². The van der Waals surface area contributed by atoms with E-state index in [0.717, 1.165) is 11.4 Å². The van der Waals surface area contributed by atoms with Crippen molar-refractivity contribution in [3.05, 3.63) is 76.4 Å². The van der Waals surface area contributed by atoms with Gasteiger partial charge in [0.15, 0.2) is 0 Å². The molecule has 0 fully saturated rings. The molecular weight excluding hydrogens is 373 g/mol. The van der Waals surface area contributed by atoms with Crippen LogP contribution in [0.25, 0.3) is 0 Å². The number of rotatable bonds is 5. The van der Waals surface area contributed by atoms with Crippen LogP contribution in [0, 0.1) is 0 Å². The lowest BCUT2D eigenvalue weighted by Crippen LogP contribution is -2.12. The Labute approximate surface area is 160 Å². The predicted octanol–water partition coefficient (Wildman–Crippen LogP) is 5.39. The van der Waals surface area contributed by atoms with Gasteiger partial charge < -0.3 is 15.4 Å². The average Bonchev–Trinajstić information content (AvgIpc) is 2.64. The lowest BCUT2D eigenvalue weighted by atomic mass is 10.2. The fraction of sp³-hybridized carbons (Fsp3) is 0.0526. The minimum Gasteiger partial charge on any atom is -0.497 e. The van der Waals surface area contributed by atoms with Crippen molar-refractivity contribution in [2.75, 3.05) is 17.7 Å². The quantitative estimate of drug-likeness (QED) is 0.615. The smallest absolute Gasteiger partial charge is 0.257 e. The molecule has 1 aromatic heterocycles. The molecule has 0 saturated heterocycles. The van der Waals surface area contributed by atoms with Crippen LogP contribution in [-0.4, -0.2) is 18.0 Å². The first-order valence-electron chi connectivity index (χ1n) is 7.69. The third-order valence-electron chi connectivity index (χ3n) is 3.55. The fourth-order valence-corrected chi connectivity index (χ4v) is 2.69. The maximum Gasteiger partial charge on any atom is 0.257 e. The molecule has 1 amide bonds. The lowest BCUT2D eigenvalue weighted by molar-refractivity contribution is 0.102. The average molecular weight is 388 g/mol. The number of hydrogen-bond acceptors (Lipinski definition) is 4. The molecule has 0 unspecified atom stereocenters. The summed E-state index contributed by atoms with van der Waals surface area (Å²) < 4.78 is 5.18. The molecule has 132 valence electrons. The van der Waals surface area contributed by atoms with Crippen molar-refractivity contribution in [3.63, 3.8) is 0 Å². The van der Waals surface area contributed by atoms with Gasteiger partial charge in [-0.05, 0) is 42.5 Å². The molecule has 3 rings (SSSR count). The first kappa shape index (κ1) is 18.0. The third kappa shape index (κ3) is 4.45. The summed E-state index contributed by atoms with van der Waals surface area (Å²) in [6.07, 6.45) is 1.49. The summed E-state index contributed by atoms with van der Waals surface area (Å²) in [5, 5.41) is 6.76.